The number of esters is 1. The van der Waals surface area contributed by atoms with E-state index in [1.165, 1.54) is 13.2 Å². The Labute approximate surface area is 170 Å². The molecule has 0 aromatic heterocycles. The van der Waals surface area contributed by atoms with E-state index >= 15 is 0 Å². The molecule has 0 aliphatic carbocycles. The molecule has 0 spiro atoms. The Hall–Kier alpha value is -2.16. The zero-order chi connectivity index (χ0) is 18.1. The molecule has 0 saturated carbocycles. The van der Waals surface area contributed by atoms with Crippen molar-refractivity contribution in [2.75, 3.05) is 20.7 Å². The molecule has 0 atom stereocenters. The summed E-state index contributed by atoms with van der Waals surface area (Å²) in [5.41, 5.74) is 2.19. The lowest BCUT2D eigenvalue weighted by Crippen LogP contribution is -2.37. The summed E-state index contributed by atoms with van der Waals surface area (Å²) >= 11 is 0. The van der Waals surface area contributed by atoms with Crippen molar-refractivity contribution in [3.8, 4) is 0 Å². The lowest BCUT2D eigenvalue weighted by atomic mass is 10.1. The predicted octanol–water partition coefficient (Wildman–Crippen LogP) is 3.14. The van der Waals surface area contributed by atoms with Crippen molar-refractivity contribution in [1.29, 1.82) is 0 Å². The average molecular weight is 471 g/mol. The number of benzene rings is 2. The Balaban J connectivity index is 0.00000338. The number of ether oxygens (including phenoxy) is 1. The standard InChI is InChI=1S/C19H22FN3O2.HI/c1-21-19(22-12-11-15-5-3-4-6-17(15)20)23-13-14-7-9-16(10-8-14)18(24)25-2;/h3-10H,11-13H2,1-2H3,(H2,21,22,23);1H. The molecule has 140 valence electrons. The molecular formula is C19H23FIN3O2. The van der Waals surface area contributed by atoms with Gasteiger partial charge in [-0.1, -0.05) is 30.3 Å². The third-order valence-electron chi connectivity index (χ3n) is 3.70. The molecule has 26 heavy (non-hydrogen) atoms. The van der Waals surface area contributed by atoms with Gasteiger partial charge in [-0.3, -0.25) is 4.99 Å². The maximum absolute atomic E-state index is 13.6. The number of aliphatic imine (C=N–C) groups is 1. The van der Waals surface area contributed by atoms with Crippen LogP contribution in [0.25, 0.3) is 0 Å². The van der Waals surface area contributed by atoms with Crippen molar-refractivity contribution >= 4 is 35.9 Å². The number of halogens is 2. The monoisotopic (exact) mass is 471 g/mol. The summed E-state index contributed by atoms with van der Waals surface area (Å²) in [6.45, 7) is 1.13. The Morgan fingerprint density at radius 1 is 1.12 bits per heavy atom. The topological polar surface area (TPSA) is 62.7 Å². The smallest absolute Gasteiger partial charge is 0.337 e. The number of guanidine groups is 1. The zero-order valence-electron chi connectivity index (χ0n) is 14.8. The van der Waals surface area contributed by atoms with Crippen molar-refractivity contribution < 1.29 is 13.9 Å². The highest BCUT2D eigenvalue weighted by molar-refractivity contribution is 14.0. The number of nitrogens with zero attached hydrogens (tertiary/aromatic N) is 1. The lowest BCUT2D eigenvalue weighted by Gasteiger charge is -2.12. The highest BCUT2D eigenvalue weighted by atomic mass is 127. The summed E-state index contributed by atoms with van der Waals surface area (Å²) in [5.74, 6) is 0.0801. The lowest BCUT2D eigenvalue weighted by molar-refractivity contribution is 0.0600. The molecular weight excluding hydrogens is 448 g/mol. The van der Waals surface area contributed by atoms with Gasteiger partial charge < -0.3 is 15.4 Å². The summed E-state index contributed by atoms with van der Waals surface area (Å²) in [4.78, 5) is 15.5. The van der Waals surface area contributed by atoms with E-state index in [1.54, 1.807) is 31.3 Å². The summed E-state index contributed by atoms with van der Waals surface area (Å²) in [6, 6.07) is 13.9. The van der Waals surface area contributed by atoms with E-state index in [1.807, 2.05) is 18.2 Å². The van der Waals surface area contributed by atoms with E-state index in [4.69, 9.17) is 0 Å². The van der Waals surface area contributed by atoms with Crippen molar-refractivity contribution in [2.24, 2.45) is 4.99 Å². The van der Waals surface area contributed by atoms with E-state index in [0.29, 0.717) is 36.6 Å². The average Bonchev–Trinajstić information content (AvgIpc) is 2.65. The number of rotatable bonds is 6. The maximum atomic E-state index is 13.6. The van der Waals surface area contributed by atoms with Gasteiger partial charge in [-0.2, -0.15) is 0 Å². The fraction of sp³-hybridized carbons (Fsp3) is 0.263. The first-order valence-electron chi connectivity index (χ1n) is 7.99. The molecule has 0 radical (unpaired) electrons. The first kappa shape index (κ1) is 21.9. The molecule has 0 aliphatic rings. The summed E-state index contributed by atoms with van der Waals surface area (Å²) < 4.78 is 18.2. The van der Waals surface area contributed by atoms with Crippen LogP contribution in [0.1, 0.15) is 21.5 Å². The van der Waals surface area contributed by atoms with Crippen LogP contribution in [0, 0.1) is 5.82 Å². The quantitative estimate of drug-likeness (QED) is 0.294. The summed E-state index contributed by atoms with van der Waals surface area (Å²) in [7, 11) is 3.04. The first-order chi connectivity index (χ1) is 12.1. The second-order valence-electron chi connectivity index (χ2n) is 5.38. The van der Waals surface area contributed by atoms with Crippen LogP contribution < -0.4 is 10.6 Å². The second-order valence-corrected chi connectivity index (χ2v) is 5.38. The maximum Gasteiger partial charge on any atom is 0.337 e. The highest BCUT2D eigenvalue weighted by Crippen LogP contribution is 2.07. The van der Waals surface area contributed by atoms with Crippen LogP contribution in [0.4, 0.5) is 4.39 Å². The van der Waals surface area contributed by atoms with Gasteiger partial charge in [0.15, 0.2) is 5.96 Å². The number of carbonyl (C=O) groups excluding carboxylic acids is 1. The first-order valence-corrected chi connectivity index (χ1v) is 7.99. The van der Waals surface area contributed by atoms with Crippen molar-refractivity contribution in [1.82, 2.24) is 10.6 Å². The van der Waals surface area contributed by atoms with Gasteiger partial charge in [-0.15, -0.1) is 24.0 Å². The molecule has 0 heterocycles. The molecule has 5 nitrogen and oxygen atoms in total. The van der Waals surface area contributed by atoms with Crippen LogP contribution in [0.5, 0.6) is 0 Å². The minimum atomic E-state index is -0.356. The van der Waals surface area contributed by atoms with Gasteiger partial charge in [-0.05, 0) is 35.7 Å². The van der Waals surface area contributed by atoms with Gasteiger partial charge in [0, 0.05) is 20.1 Å². The summed E-state index contributed by atoms with van der Waals surface area (Å²) in [5, 5.41) is 6.33. The van der Waals surface area contributed by atoms with E-state index in [9.17, 15) is 9.18 Å². The third kappa shape index (κ3) is 6.62. The van der Waals surface area contributed by atoms with Crippen molar-refractivity contribution in [3.05, 3.63) is 71.0 Å². The second kappa shape index (κ2) is 11.5. The van der Waals surface area contributed by atoms with Crippen LogP contribution >= 0.6 is 24.0 Å². The molecule has 0 bridgehead atoms. The zero-order valence-corrected chi connectivity index (χ0v) is 17.1. The number of hydrogen-bond acceptors (Lipinski definition) is 3. The molecule has 2 N–H and O–H groups in total. The van der Waals surface area contributed by atoms with Gasteiger partial charge >= 0.3 is 5.97 Å². The Bertz CT molecular complexity index is 736. The number of nitrogens with one attached hydrogen (secondary N) is 2. The van der Waals surface area contributed by atoms with Crippen molar-refractivity contribution in [2.45, 2.75) is 13.0 Å². The van der Waals surface area contributed by atoms with Crippen LogP contribution in [0.2, 0.25) is 0 Å². The minimum Gasteiger partial charge on any atom is -0.465 e. The van der Waals surface area contributed by atoms with Gasteiger partial charge in [-0.25, -0.2) is 9.18 Å². The highest BCUT2D eigenvalue weighted by Gasteiger charge is 2.05. The summed E-state index contributed by atoms with van der Waals surface area (Å²) in [6.07, 6.45) is 0.571. The normalized spacial score (nSPS) is 10.7. The predicted molar refractivity (Wildman–Crippen MR) is 112 cm³/mol. The fourth-order valence-corrected chi connectivity index (χ4v) is 2.30. The molecule has 0 aliphatic heterocycles. The number of carbonyl (C=O) groups is 1. The van der Waals surface area contributed by atoms with E-state index in [-0.39, 0.29) is 35.8 Å². The molecule has 0 amide bonds. The van der Waals surface area contributed by atoms with Gasteiger partial charge in [0.25, 0.3) is 0 Å². The third-order valence-corrected chi connectivity index (χ3v) is 3.70. The Morgan fingerprint density at radius 2 is 1.81 bits per heavy atom. The molecule has 0 saturated heterocycles. The Kier molecular flexibility index (Phi) is 9.64. The molecule has 7 heteroatoms. The van der Waals surface area contributed by atoms with Gasteiger partial charge in [0.05, 0.1) is 12.7 Å². The molecule has 0 unspecified atom stereocenters. The van der Waals surface area contributed by atoms with Crippen LogP contribution in [-0.4, -0.2) is 32.6 Å². The Morgan fingerprint density at radius 3 is 2.42 bits per heavy atom. The van der Waals surface area contributed by atoms with Crippen molar-refractivity contribution in [3.63, 3.8) is 0 Å². The number of hydrogen-bond donors (Lipinski definition) is 2. The molecule has 2 rings (SSSR count). The largest absolute Gasteiger partial charge is 0.465 e. The molecule has 2 aromatic rings. The van der Waals surface area contributed by atoms with Gasteiger partial charge in [0.2, 0.25) is 0 Å². The SMILES string of the molecule is CN=C(NCCc1ccccc1F)NCc1ccc(C(=O)OC)cc1.I. The molecule has 0 fully saturated rings. The minimum absolute atomic E-state index is 0. The van der Waals surface area contributed by atoms with Crippen LogP contribution in [0.15, 0.2) is 53.5 Å². The van der Waals surface area contributed by atoms with E-state index in [2.05, 4.69) is 20.4 Å². The fourth-order valence-electron chi connectivity index (χ4n) is 2.30. The van der Waals surface area contributed by atoms with Crippen LogP contribution in [0.3, 0.4) is 0 Å². The van der Waals surface area contributed by atoms with Crippen LogP contribution in [-0.2, 0) is 17.7 Å². The van der Waals surface area contributed by atoms with E-state index in [0.717, 1.165) is 5.56 Å². The number of methoxy groups -OCH3 is 1. The van der Waals surface area contributed by atoms with Gasteiger partial charge in [0.1, 0.15) is 5.82 Å². The molecule has 2 aromatic carbocycles. The van der Waals surface area contributed by atoms with E-state index < -0.39 is 0 Å².